The van der Waals surface area contributed by atoms with Crippen LogP contribution in [0.25, 0.3) is 0 Å². The summed E-state index contributed by atoms with van der Waals surface area (Å²) >= 11 is 0. The number of rotatable bonds is 7. The first-order valence-electron chi connectivity index (χ1n) is 7.08. The van der Waals surface area contributed by atoms with Gasteiger partial charge in [-0.2, -0.15) is 0 Å². The van der Waals surface area contributed by atoms with Crippen molar-refractivity contribution in [2.24, 2.45) is 0 Å². The summed E-state index contributed by atoms with van der Waals surface area (Å²) in [6.45, 7) is 4.26. The topological polar surface area (TPSA) is 52.0 Å². The van der Waals surface area contributed by atoms with Crippen LogP contribution in [0.3, 0.4) is 0 Å². The van der Waals surface area contributed by atoms with Gasteiger partial charge in [-0.05, 0) is 102 Å². The Labute approximate surface area is 147 Å². The second-order valence-corrected chi connectivity index (χ2v) is 10.5. The Bertz CT molecular complexity index is 576. The predicted molar refractivity (Wildman–Crippen MR) is 107 cm³/mol. The molecule has 0 spiro atoms. The molecule has 2 nitrogen and oxygen atoms in total. The Hall–Kier alpha value is -0.560. The Morgan fingerprint density at radius 3 is 1.50 bits per heavy atom. The van der Waals surface area contributed by atoms with Crippen molar-refractivity contribution in [2.75, 3.05) is 11.5 Å². The van der Waals surface area contributed by atoms with Gasteiger partial charge in [-0.1, -0.05) is 13.8 Å². The zero-order valence-electron chi connectivity index (χ0n) is 12.7. The smallest absolute Gasteiger partial charge is 0.0347 e. The average molecular weight is 369 g/mol. The largest absolute Gasteiger partial charge is 0.399 e. The number of aryl methyl sites for hydroxylation is 2. The number of hydrogen-bond donors (Lipinski definition) is 2. The summed E-state index contributed by atoms with van der Waals surface area (Å²) in [6, 6.07) is 12.5. The molecule has 0 heterocycles. The number of nitrogen functional groups attached to an aromatic ring is 2. The molecule has 22 heavy (non-hydrogen) atoms. The Kier molecular flexibility index (Phi) is 7.21. The molecular weight excluding hydrogens is 348 g/mol. The SMILES string of the molecule is CCc1cc(SSSSc2ccc(N)c(CC)c2)ccc1N. The van der Waals surface area contributed by atoms with Gasteiger partial charge in [0.1, 0.15) is 0 Å². The molecule has 0 aliphatic carbocycles. The van der Waals surface area contributed by atoms with E-state index in [9.17, 15) is 0 Å². The van der Waals surface area contributed by atoms with Crippen LogP contribution in [-0.2, 0) is 12.8 Å². The summed E-state index contributed by atoms with van der Waals surface area (Å²) in [5.74, 6) is 0. The lowest BCUT2D eigenvalue weighted by molar-refractivity contribution is 1.13. The molecule has 4 N–H and O–H groups in total. The van der Waals surface area contributed by atoms with Gasteiger partial charge in [0.25, 0.3) is 0 Å². The molecule has 2 aromatic rings. The van der Waals surface area contributed by atoms with Crippen molar-refractivity contribution in [3.63, 3.8) is 0 Å². The maximum Gasteiger partial charge on any atom is 0.0347 e. The van der Waals surface area contributed by atoms with E-state index < -0.39 is 0 Å². The van der Waals surface area contributed by atoms with E-state index in [0.29, 0.717) is 0 Å². The molecule has 0 bridgehead atoms. The highest BCUT2D eigenvalue weighted by atomic mass is 33.7. The molecule has 0 unspecified atom stereocenters. The molecule has 2 aromatic carbocycles. The quantitative estimate of drug-likeness (QED) is 0.351. The molecule has 0 fully saturated rings. The number of anilines is 2. The minimum absolute atomic E-state index is 0.882. The summed E-state index contributed by atoms with van der Waals surface area (Å²) in [6.07, 6.45) is 1.94. The van der Waals surface area contributed by atoms with Crippen LogP contribution in [0.4, 0.5) is 11.4 Å². The summed E-state index contributed by atoms with van der Waals surface area (Å²) in [5, 5.41) is 0. The normalized spacial score (nSPS) is 10.8. The average Bonchev–Trinajstić information content (AvgIpc) is 2.54. The van der Waals surface area contributed by atoms with Gasteiger partial charge in [-0.3, -0.25) is 0 Å². The fourth-order valence-electron chi connectivity index (χ4n) is 1.99. The summed E-state index contributed by atoms with van der Waals surface area (Å²) in [7, 11) is 7.08. The third kappa shape index (κ3) is 4.98. The maximum atomic E-state index is 5.93. The molecule has 0 amide bonds. The zero-order chi connectivity index (χ0) is 15.9. The summed E-state index contributed by atoms with van der Waals surface area (Å²) in [4.78, 5) is 2.49. The first-order valence-corrected chi connectivity index (χ1v) is 11.9. The second-order valence-electron chi connectivity index (χ2n) is 4.73. The van der Waals surface area contributed by atoms with Gasteiger partial charge in [0.2, 0.25) is 0 Å². The van der Waals surface area contributed by atoms with Crippen molar-refractivity contribution in [3.05, 3.63) is 47.5 Å². The van der Waals surface area contributed by atoms with E-state index in [-0.39, 0.29) is 0 Å². The Morgan fingerprint density at radius 2 is 1.14 bits per heavy atom. The lowest BCUT2D eigenvalue weighted by Crippen LogP contribution is -1.92. The van der Waals surface area contributed by atoms with Crippen molar-refractivity contribution >= 4 is 52.6 Å². The van der Waals surface area contributed by atoms with Crippen molar-refractivity contribution in [2.45, 2.75) is 36.5 Å². The zero-order valence-corrected chi connectivity index (χ0v) is 15.9. The van der Waals surface area contributed by atoms with Crippen LogP contribution in [0.5, 0.6) is 0 Å². The van der Waals surface area contributed by atoms with Gasteiger partial charge in [0.15, 0.2) is 0 Å². The lowest BCUT2D eigenvalue weighted by Gasteiger charge is -2.07. The van der Waals surface area contributed by atoms with Crippen molar-refractivity contribution < 1.29 is 0 Å². The molecule has 2 rings (SSSR count). The van der Waals surface area contributed by atoms with Crippen LogP contribution < -0.4 is 11.5 Å². The molecule has 0 saturated carbocycles. The van der Waals surface area contributed by atoms with E-state index >= 15 is 0 Å². The van der Waals surface area contributed by atoms with Crippen LogP contribution in [0.2, 0.25) is 0 Å². The predicted octanol–water partition coefficient (Wildman–Crippen LogP) is 6.07. The van der Waals surface area contributed by atoms with Crippen molar-refractivity contribution in [1.29, 1.82) is 0 Å². The van der Waals surface area contributed by atoms with Gasteiger partial charge in [0.05, 0.1) is 0 Å². The maximum absolute atomic E-state index is 5.93. The highest BCUT2D eigenvalue weighted by Crippen LogP contribution is 2.49. The Morgan fingerprint density at radius 1 is 0.727 bits per heavy atom. The Balaban J connectivity index is 1.84. The van der Waals surface area contributed by atoms with Crippen molar-refractivity contribution in [3.8, 4) is 0 Å². The molecule has 0 aliphatic rings. The molecule has 6 heteroatoms. The second kappa shape index (κ2) is 8.91. The fraction of sp³-hybridized carbons (Fsp3) is 0.250. The highest BCUT2D eigenvalue weighted by molar-refractivity contribution is 9.26. The van der Waals surface area contributed by atoms with Gasteiger partial charge in [-0.15, -0.1) is 0 Å². The monoisotopic (exact) mass is 368 g/mol. The molecule has 0 atom stereocenters. The third-order valence-electron chi connectivity index (χ3n) is 3.28. The van der Waals surface area contributed by atoms with Gasteiger partial charge in [0, 0.05) is 21.2 Å². The third-order valence-corrected chi connectivity index (χ3v) is 9.32. The van der Waals surface area contributed by atoms with Crippen molar-refractivity contribution in [1.82, 2.24) is 0 Å². The molecule has 0 aromatic heterocycles. The molecule has 118 valence electrons. The van der Waals surface area contributed by atoms with Crippen LogP contribution in [0.15, 0.2) is 46.2 Å². The molecule has 0 saturated heterocycles. The van der Waals surface area contributed by atoms with E-state index in [1.807, 2.05) is 12.1 Å². The molecule has 0 radical (unpaired) electrons. The minimum atomic E-state index is 0.882. The molecular formula is C16H20N2S4. The lowest BCUT2D eigenvalue weighted by atomic mass is 10.1. The number of benzene rings is 2. The van der Waals surface area contributed by atoms with Crippen LogP contribution in [-0.4, -0.2) is 0 Å². The summed E-state index contributed by atoms with van der Waals surface area (Å²) in [5.41, 5.74) is 16.1. The van der Waals surface area contributed by atoms with Crippen LogP contribution in [0.1, 0.15) is 25.0 Å². The van der Waals surface area contributed by atoms with E-state index in [1.165, 1.54) is 20.9 Å². The van der Waals surface area contributed by atoms with Crippen LogP contribution >= 0.6 is 41.2 Å². The molecule has 0 aliphatic heterocycles. The first-order chi connectivity index (χ1) is 10.6. The first kappa shape index (κ1) is 17.8. The number of nitrogens with two attached hydrogens (primary N) is 2. The van der Waals surface area contributed by atoms with Gasteiger partial charge in [-0.25, -0.2) is 0 Å². The van der Waals surface area contributed by atoms with Gasteiger partial charge >= 0.3 is 0 Å². The van der Waals surface area contributed by atoms with E-state index in [1.54, 1.807) is 41.2 Å². The fourth-order valence-corrected chi connectivity index (χ4v) is 7.50. The number of hydrogen-bond acceptors (Lipinski definition) is 6. The highest BCUT2D eigenvalue weighted by Gasteiger charge is 2.03. The van der Waals surface area contributed by atoms with E-state index in [0.717, 1.165) is 24.2 Å². The van der Waals surface area contributed by atoms with Crippen LogP contribution in [0, 0.1) is 0 Å². The minimum Gasteiger partial charge on any atom is -0.399 e. The summed E-state index contributed by atoms with van der Waals surface area (Å²) < 4.78 is 0. The van der Waals surface area contributed by atoms with Gasteiger partial charge < -0.3 is 11.5 Å². The van der Waals surface area contributed by atoms with E-state index in [4.69, 9.17) is 11.5 Å². The standard InChI is InChI=1S/C16H20N2S4/c1-3-11-9-13(5-7-15(11)17)19-21-22-20-14-6-8-16(18)12(4-2)10-14/h5-10H,3-4,17-18H2,1-2H3. The van der Waals surface area contributed by atoms with E-state index in [2.05, 4.69) is 38.1 Å².